The van der Waals surface area contributed by atoms with E-state index < -0.39 is 0 Å². The van der Waals surface area contributed by atoms with E-state index in [1.807, 2.05) is 0 Å². The smallest absolute Gasteiger partial charge is 0.220 e. The summed E-state index contributed by atoms with van der Waals surface area (Å²) in [5.41, 5.74) is 0.326. The first-order valence-electron chi connectivity index (χ1n) is 9.55. The molecule has 1 atom stereocenters. The summed E-state index contributed by atoms with van der Waals surface area (Å²) in [5, 5.41) is 6.49. The number of amides is 1. The van der Waals surface area contributed by atoms with Gasteiger partial charge in [0.25, 0.3) is 0 Å². The number of halogens is 1. The van der Waals surface area contributed by atoms with E-state index in [9.17, 15) is 4.79 Å². The molecule has 2 rings (SSSR count). The maximum absolute atomic E-state index is 11.7. The van der Waals surface area contributed by atoms with Gasteiger partial charge in [-0.1, -0.05) is 27.7 Å². The summed E-state index contributed by atoms with van der Waals surface area (Å²) in [7, 11) is 0. The number of likely N-dealkylation sites (tertiary alicyclic amines) is 1. The lowest BCUT2D eigenvalue weighted by molar-refractivity contribution is -0.119. The van der Waals surface area contributed by atoms with E-state index in [4.69, 9.17) is 4.99 Å². The normalized spacial score (nSPS) is 24.5. The highest BCUT2D eigenvalue weighted by molar-refractivity contribution is 14.0. The van der Waals surface area contributed by atoms with Crippen LogP contribution in [0.2, 0.25) is 0 Å². The summed E-state index contributed by atoms with van der Waals surface area (Å²) >= 11 is 0. The fraction of sp³-hybridized carbons (Fsp3) is 0.895. The van der Waals surface area contributed by atoms with Crippen LogP contribution in [-0.4, -0.2) is 49.5 Å². The summed E-state index contributed by atoms with van der Waals surface area (Å²) in [6, 6.07) is 0. The van der Waals surface area contributed by atoms with E-state index in [0.717, 1.165) is 51.5 Å². The number of hydrogen-bond acceptors (Lipinski definition) is 2. The van der Waals surface area contributed by atoms with Gasteiger partial charge in [-0.3, -0.25) is 9.79 Å². The molecule has 0 radical (unpaired) electrons. The lowest BCUT2D eigenvalue weighted by atomic mass is 9.79. The van der Waals surface area contributed by atoms with Crippen molar-refractivity contribution >= 4 is 35.8 Å². The Bertz CT molecular complexity index is 478. The average Bonchev–Trinajstić information content (AvgIpc) is 2.82. The first kappa shape index (κ1) is 22.5. The van der Waals surface area contributed by atoms with Gasteiger partial charge in [0.05, 0.1) is 0 Å². The van der Waals surface area contributed by atoms with Gasteiger partial charge >= 0.3 is 0 Å². The van der Waals surface area contributed by atoms with Crippen molar-refractivity contribution in [3.8, 4) is 0 Å². The van der Waals surface area contributed by atoms with Crippen molar-refractivity contribution in [3.05, 3.63) is 0 Å². The first-order chi connectivity index (χ1) is 11.3. The van der Waals surface area contributed by atoms with Crippen molar-refractivity contribution in [2.75, 3.05) is 32.7 Å². The summed E-state index contributed by atoms with van der Waals surface area (Å²) in [5.74, 6) is 1.91. The van der Waals surface area contributed by atoms with Crippen molar-refractivity contribution in [2.45, 2.75) is 60.3 Å². The minimum absolute atomic E-state index is 0. The predicted octanol–water partition coefficient (Wildman–Crippen LogP) is 3.24. The van der Waals surface area contributed by atoms with Crippen LogP contribution in [0.15, 0.2) is 4.99 Å². The number of nitrogens with one attached hydrogen (secondary N) is 2. The van der Waals surface area contributed by atoms with E-state index in [1.54, 1.807) is 0 Å². The van der Waals surface area contributed by atoms with Crippen LogP contribution in [0.3, 0.4) is 0 Å². The number of carbonyl (C=O) groups is 1. The average molecular weight is 464 g/mol. The Balaban J connectivity index is 0.00000312. The minimum Gasteiger partial charge on any atom is -0.357 e. The lowest BCUT2D eigenvalue weighted by Gasteiger charge is -2.41. The van der Waals surface area contributed by atoms with Crippen molar-refractivity contribution in [1.29, 1.82) is 0 Å². The highest BCUT2D eigenvalue weighted by Gasteiger charge is 2.42. The number of guanidine groups is 1. The molecule has 2 fully saturated rings. The molecule has 0 aromatic rings. The summed E-state index contributed by atoms with van der Waals surface area (Å²) in [4.78, 5) is 19.0. The molecule has 2 aliphatic rings. The van der Waals surface area contributed by atoms with Crippen LogP contribution in [0.1, 0.15) is 60.3 Å². The highest BCUT2D eigenvalue weighted by Crippen LogP contribution is 2.36. The molecule has 0 saturated carbocycles. The van der Waals surface area contributed by atoms with Crippen LogP contribution in [0.4, 0.5) is 0 Å². The Morgan fingerprint density at radius 2 is 2.16 bits per heavy atom. The zero-order chi connectivity index (χ0) is 17.8. The number of nitrogens with zero attached hydrogens (tertiary/aromatic N) is 2. The standard InChI is InChI=1S/C19H36N4O.HI/c1-6-20-17(22-12-18(4,5)10-15(2)3)23-9-7-8-19(14-23)11-16(24)21-13-19;/h15H,6-14H2,1-5H3,(H,20,22)(H,21,24);1H. The summed E-state index contributed by atoms with van der Waals surface area (Å²) in [6.07, 6.45) is 4.12. The molecule has 1 unspecified atom stereocenters. The van der Waals surface area contributed by atoms with Gasteiger partial charge in [0, 0.05) is 44.6 Å². The van der Waals surface area contributed by atoms with Gasteiger partial charge in [-0.05, 0) is 37.5 Å². The van der Waals surface area contributed by atoms with Gasteiger partial charge in [-0.25, -0.2) is 0 Å². The fourth-order valence-corrected chi connectivity index (χ4v) is 4.31. The molecule has 2 saturated heterocycles. The number of rotatable bonds is 5. The molecule has 5 nitrogen and oxygen atoms in total. The molecule has 146 valence electrons. The number of hydrogen-bond donors (Lipinski definition) is 2. The second-order valence-electron chi connectivity index (χ2n) is 8.91. The monoisotopic (exact) mass is 464 g/mol. The zero-order valence-electron chi connectivity index (χ0n) is 16.7. The Labute approximate surface area is 170 Å². The SMILES string of the molecule is CCNC(=NCC(C)(C)CC(C)C)N1CCCC2(CNC(=O)C2)C1.I. The maximum atomic E-state index is 11.7. The van der Waals surface area contributed by atoms with Crippen LogP contribution in [0.5, 0.6) is 0 Å². The maximum Gasteiger partial charge on any atom is 0.220 e. The van der Waals surface area contributed by atoms with Crippen molar-refractivity contribution in [1.82, 2.24) is 15.5 Å². The molecule has 0 aromatic carbocycles. The van der Waals surface area contributed by atoms with Crippen molar-refractivity contribution < 1.29 is 4.79 Å². The van der Waals surface area contributed by atoms with Crippen LogP contribution in [-0.2, 0) is 4.79 Å². The molecule has 1 spiro atoms. The first-order valence-corrected chi connectivity index (χ1v) is 9.55. The second-order valence-corrected chi connectivity index (χ2v) is 8.91. The molecule has 0 aromatic heterocycles. The third kappa shape index (κ3) is 6.61. The predicted molar refractivity (Wildman–Crippen MR) is 115 cm³/mol. The largest absolute Gasteiger partial charge is 0.357 e. The number of carbonyl (C=O) groups excluding carboxylic acids is 1. The fourth-order valence-electron chi connectivity index (χ4n) is 4.31. The zero-order valence-corrected chi connectivity index (χ0v) is 19.0. The van der Waals surface area contributed by atoms with Crippen molar-refractivity contribution in [3.63, 3.8) is 0 Å². The molecule has 0 bridgehead atoms. The molecule has 2 aliphatic heterocycles. The van der Waals surface area contributed by atoms with Crippen LogP contribution in [0, 0.1) is 16.7 Å². The minimum atomic E-state index is 0. The molecular weight excluding hydrogens is 427 g/mol. The summed E-state index contributed by atoms with van der Waals surface area (Å²) < 4.78 is 0. The van der Waals surface area contributed by atoms with E-state index in [2.05, 4.69) is 50.2 Å². The Kier molecular flexibility index (Phi) is 8.48. The Morgan fingerprint density at radius 3 is 2.72 bits per heavy atom. The van der Waals surface area contributed by atoms with E-state index >= 15 is 0 Å². The quantitative estimate of drug-likeness (QED) is 0.373. The topological polar surface area (TPSA) is 56.7 Å². The Hall–Kier alpha value is -0.530. The number of aliphatic imine (C=N–C) groups is 1. The molecule has 1 amide bonds. The van der Waals surface area contributed by atoms with Crippen molar-refractivity contribution in [2.24, 2.45) is 21.7 Å². The van der Waals surface area contributed by atoms with E-state index in [1.165, 1.54) is 6.42 Å². The van der Waals surface area contributed by atoms with Gasteiger partial charge in [-0.2, -0.15) is 0 Å². The van der Waals surface area contributed by atoms with Crippen LogP contribution < -0.4 is 10.6 Å². The second kappa shape index (κ2) is 9.42. The molecule has 6 heteroatoms. The molecule has 0 aliphatic carbocycles. The molecule has 2 N–H and O–H groups in total. The molecule has 2 heterocycles. The highest BCUT2D eigenvalue weighted by atomic mass is 127. The van der Waals surface area contributed by atoms with E-state index in [-0.39, 0.29) is 40.7 Å². The lowest BCUT2D eigenvalue weighted by Crippen LogP contribution is -2.51. The third-order valence-electron chi connectivity index (χ3n) is 5.11. The van der Waals surface area contributed by atoms with Gasteiger partial charge in [0.15, 0.2) is 5.96 Å². The van der Waals surface area contributed by atoms with Crippen LogP contribution >= 0.6 is 24.0 Å². The third-order valence-corrected chi connectivity index (χ3v) is 5.11. The molecule has 25 heavy (non-hydrogen) atoms. The van der Waals surface area contributed by atoms with Gasteiger partial charge < -0.3 is 15.5 Å². The Morgan fingerprint density at radius 1 is 1.44 bits per heavy atom. The van der Waals surface area contributed by atoms with Gasteiger partial charge in [0.1, 0.15) is 0 Å². The van der Waals surface area contributed by atoms with E-state index in [0.29, 0.717) is 12.3 Å². The van der Waals surface area contributed by atoms with Gasteiger partial charge in [-0.15, -0.1) is 24.0 Å². The summed E-state index contributed by atoms with van der Waals surface area (Å²) in [6.45, 7) is 15.8. The van der Waals surface area contributed by atoms with Gasteiger partial charge in [0.2, 0.25) is 5.91 Å². The number of piperidine rings is 1. The molecular formula is C19H37IN4O. The van der Waals surface area contributed by atoms with Crippen LogP contribution in [0.25, 0.3) is 0 Å².